The number of nitrogens with one attached hydrogen (secondary N) is 2. The monoisotopic (exact) mass is 441 g/mol. The molecule has 0 saturated carbocycles. The Kier molecular flexibility index (Phi) is 7.66. The molecule has 1 unspecified atom stereocenters. The van der Waals surface area contributed by atoms with Gasteiger partial charge in [0.15, 0.2) is 0 Å². The molecule has 0 saturated heterocycles. The highest BCUT2D eigenvalue weighted by molar-refractivity contribution is 7.16. The Morgan fingerprint density at radius 1 is 1.23 bits per heavy atom. The van der Waals surface area contributed by atoms with Gasteiger partial charge in [0.1, 0.15) is 29.0 Å². The first-order chi connectivity index (χ1) is 15.0. The number of methoxy groups -OCH3 is 1. The second-order valence-corrected chi connectivity index (χ2v) is 8.78. The highest BCUT2D eigenvalue weighted by atomic mass is 32.1. The van der Waals surface area contributed by atoms with Gasteiger partial charge in [-0.2, -0.15) is 5.26 Å². The number of aryl methyl sites for hydroxylation is 1. The molecule has 1 aromatic heterocycles. The van der Waals surface area contributed by atoms with E-state index >= 15 is 0 Å². The van der Waals surface area contributed by atoms with Gasteiger partial charge in [0.05, 0.1) is 12.7 Å². The number of ether oxygens (including phenoxy) is 2. The minimum atomic E-state index is -1.11. The van der Waals surface area contributed by atoms with E-state index in [2.05, 4.69) is 16.7 Å². The Balaban J connectivity index is 1.56. The first-order valence-electron chi connectivity index (χ1n) is 10.3. The van der Waals surface area contributed by atoms with Crippen LogP contribution in [-0.4, -0.2) is 37.7 Å². The molecule has 3 rings (SSSR count). The third kappa shape index (κ3) is 5.63. The number of thiophene rings is 1. The van der Waals surface area contributed by atoms with Gasteiger partial charge < -0.3 is 14.8 Å². The minimum Gasteiger partial charge on any atom is -0.491 e. The fraction of sp³-hybridized carbons (Fsp3) is 0.435. The van der Waals surface area contributed by atoms with Crippen LogP contribution in [0.1, 0.15) is 42.2 Å². The summed E-state index contributed by atoms with van der Waals surface area (Å²) in [5.41, 5.74) is 0.574. The molecule has 0 bridgehead atoms. The number of nitriles is 1. The lowest BCUT2D eigenvalue weighted by molar-refractivity contribution is -0.149. The number of hydrogen-bond acceptors (Lipinski definition) is 7. The summed E-state index contributed by atoms with van der Waals surface area (Å²) in [6.45, 7) is 1.99. The Labute approximate surface area is 186 Å². The predicted molar refractivity (Wildman–Crippen MR) is 119 cm³/mol. The number of nitrogens with zero attached hydrogens (tertiary/aromatic N) is 1. The molecule has 1 atom stereocenters. The average Bonchev–Trinajstić information content (AvgIpc) is 3.14. The fourth-order valence-corrected chi connectivity index (χ4v) is 4.82. The summed E-state index contributed by atoms with van der Waals surface area (Å²) in [6, 6.07) is 11.4. The number of rotatable bonds is 9. The van der Waals surface area contributed by atoms with E-state index in [9.17, 15) is 14.9 Å². The predicted octanol–water partition coefficient (Wildman–Crippen LogP) is 3.43. The summed E-state index contributed by atoms with van der Waals surface area (Å²) in [6.07, 6.45) is 4.20. The van der Waals surface area contributed by atoms with Crippen molar-refractivity contribution in [3.8, 4) is 11.8 Å². The molecule has 2 N–H and O–H groups in total. The molecule has 1 aliphatic rings. The first-order valence-corrected chi connectivity index (χ1v) is 11.1. The second-order valence-electron chi connectivity index (χ2n) is 7.68. The van der Waals surface area contributed by atoms with Gasteiger partial charge in [0.25, 0.3) is 0 Å². The van der Waals surface area contributed by atoms with E-state index in [1.807, 2.05) is 18.2 Å². The minimum absolute atomic E-state index is 0.0571. The molecule has 0 spiro atoms. The first kappa shape index (κ1) is 22.8. The van der Waals surface area contributed by atoms with Gasteiger partial charge in [0, 0.05) is 17.8 Å². The zero-order valence-electron chi connectivity index (χ0n) is 17.8. The number of carbonyl (C=O) groups is 2. The summed E-state index contributed by atoms with van der Waals surface area (Å²) in [4.78, 5) is 26.0. The van der Waals surface area contributed by atoms with Crippen molar-refractivity contribution in [2.75, 3.05) is 25.6 Å². The Hall–Kier alpha value is -2.89. The molecule has 7 nitrogen and oxygen atoms in total. The second kappa shape index (κ2) is 10.4. The molecule has 164 valence electrons. The summed E-state index contributed by atoms with van der Waals surface area (Å²) in [7, 11) is 1.32. The molecule has 0 radical (unpaired) electrons. The number of benzene rings is 1. The SMILES string of the molecule is COC(=O)C(C)(COc1ccccc1)NCCC(=O)Nc1sc2c(c1C#N)CCCC2. The molecule has 2 aromatic rings. The zero-order valence-corrected chi connectivity index (χ0v) is 18.6. The normalized spacial score (nSPS) is 14.6. The lowest BCUT2D eigenvalue weighted by Crippen LogP contribution is -2.55. The van der Waals surface area contributed by atoms with Gasteiger partial charge in [-0.25, -0.2) is 4.79 Å². The quantitative estimate of drug-likeness (QED) is 0.578. The summed E-state index contributed by atoms with van der Waals surface area (Å²) >= 11 is 1.50. The van der Waals surface area contributed by atoms with Crippen molar-refractivity contribution in [3.05, 3.63) is 46.3 Å². The van der Waals surface area contributed by atoms with Crippen LogP contribution < -0.4 is 15.4 Å². The van der Waals surface area contributed by atoms with Gasteiger partial charge >= 0.3 is 5.97 Å². The average molecular weight is 442 g/mol. The van der Waals surface area contributed by atoms with Crippen LogP contribution in [0.15, 0.2) is 30.3 Å². The summed E-state index contributed by atoms with van der Waals surface area (Å²) in [5.74, 6) is -0.0387. The van der Waals surface area contributed by atoms with E-state index in [4.69, 9.17) is 9.47 Å². The van der Waals surface area contributed by atoms with E-state index in [1.54, 1.807) is 19.1 Å². The molecular formula is C23H27N3O4S. The maximum Gasteiger partial charge on any atom is 0.329 e. The van der Waals surface area contributed by atoms with Crippen LogP contribution in [-0.2, 0) is 27.2 Å². The molecule has 8 heteroatoms. The van der Waals surface area contributed by atoms with Crippen LogP contribution in [0.2, 0.25) is 0 Å². The largest absolute Gasteiger partial charge is 0.491 e. The number of fused-ring (bicyclic) bond motifs is 1. The number of para-hydroxylation sites is 1. The number of amides is 1. The summed E-state index contributed by atoms with van der Waals surface area (Å²) in [5, 5.41) is 16.1. The van der Waals surface area contributed by atoms with E-state index in [1.165, 1.54) is 23.3 Å². The van der Waals surface area contributed by atoms with Crippen molar-refractivity contribution < 1.29 is 19.1 Å². The molecular weight excluding hydrogens is 414 g/mol. The standard InChI is InChI=1S/C23H27N3O4S/c1-23(22(28)29-2,15-30-16-8-4-3-5-9-16)25-13-12-20(27)26-21-18(14-24)17-10-6-7-11-19(17)31-21/h3-5,8-9,25H,6-7,10-13,15H2,1-2H3,(H,26,27). The van der Waals surface area contributed by atoms with Crippen molar-refractivity contribution in [1.82, 2.24) is 5.32 Å². The fourth-order valence-electron chi connectivity index (χ4n) is 3.57. The van der Waals surface area contributed by atoms with E-state index in [0.29, 0.717) is 16.3 Å². The molecule has 1 aromatic carbocycles. The summed E-state index contributed by atoms with van der Waals surface area (Å²) < 4.78 is 10.6. The van der Waals surface area contributed by atoms with E-state index in [0.717, 1.165) is 31.2 Å². The van der Waals surface area contributed by atoms with Gasteiger partial charge in [-0.05, 0) is 50.3 Å². The van der Waals surface area contributed by atoms with Crippen LogP contribution in [0.3, 0.4) is 0 Å². The maximum absolute atomic E-state index is 12.5. The van der Waals surface area contributed by atoms with Gasteiger partial charge in [-0.3, -0.25) is 10.1 Å². The van der Waals surface area contributed by atoms with Crippen molar-refractivity contribution in [2.45, 2.75) is 44.6 Å². The number of anilines is 1. The Morgan fingerprint density at radius 3 is 2.68 bits per heavy atom. The van der Waals surface area contributed by atoms with E-state index in [-0.39, 0.29) is 25.5 Å². The molecule has 1 aliphatic carbocycles. The van der Waals surface area contributed by atoms with Crippen molar-refractivity contribution in [3.63, 3.8) is 0 Å². The highest BCUT2D eigenvalue weighted by Gasteiger charge is 2.35. The van der Waals surface area contributed by atoms with Crippen LogP contribution in [0.5, 0.6) is 5.75 Å². The zero-order chi connectivity index (χ0) is 22.3. The van der Waals surface area contributed by atoms with Gasteiger partial charge in [-0.15, -0.1) is 11.3 Å². The topological polar surface area (TPSA) is 100 Å². The third-order valence-corrected chi connectivity index (χ3v) is 6.52. The van der Waals surface area contributed by atoms with Crippen LogP contribution >= 0.6 is 11.3 Å². The Morgan fingerprint density at radius 2 is 1.97 bits per heavy atom. The van der Waals surface area contributed by atoms with Gasteiger partial charge in [0.2, 0.25) is 5.91 Å². The molecule has 0 aliphatic heterocycles. The molecule has 31 heavy (non-hydrogen) atoms. The number of carbonyl (C=O) groups excluding carboxylic acids is 2. The molecule has 0 fully saturated rings. The lowest BCUT2D eigenvalue weighted by atomic mass is 9.96. The molecule has 1 heterocycles. The van der Waals surface area contributed by atoms with E-state index < -0.39 is 11.5 Å². The third-order valence-electron chi connectivity index (χ3n) is 5.31. The van der Waals surface area contributed by atoms with Crippen LogP contribution in [0.4, 0.5) is 5.00 Å². The van der Waals surface area contributed by atoms with Crippen molar-refractivity contribution in [1.29, 1.82) is 5.26 Å². The smallest absolute Gasteiger partial charge is 0.329 e. The van der Waals surface area contributed by atoms with Crippen molar-refractivity contribution >= 4 is 28.2 Å². The lowest BCUT2D eigenvalue weighted by Gasteiger charge is -2.28. The molecule has 1 amide bonds. The van der Waals surface area contributed by atoms with Crippen LogP contribution in [0, 0.1) is 11.3 Å². The maximum atomic E-state index is 12.5. The number of esters is 1. The number of hydrogen-bond donors (Lipinski definition) is 2. The van der Waals surface area contributed by atoms with Gasteiger partial charge in [-0.1, -0.05) is 18.2 Å². The highest BCUT2D eigenvalue weighted by Crippen LogP contribution is 2.37. The van der Waals surface area contributed by atoms with Crippen molar-refractivity contribution in [2.24, 2.45) is 0 Å². The Bertz CT molecular complexity index is 967. The van der Waals surface area contributed by atoms with Crippen LogP contribution in [0.25, 0.3) is 0 Å².